The zero-order chi connectivity index (χ0) is 26.7. The van der Waals surface area contributed by atoms with Crippen molar-refractivity contribution in [1.29, 1.82) is 0 Å². The second-order valence-corrected chi connectivity index (χ2v) is 8.86. The van der Waals surface area contributed by atoms with Gasteiger partial charge in [-0.25, -0.2) is 14.8 Å². The number of carbonyl (C=O) groups is 2. The summed E-state index contributed by atoms with van der Waals surface area (Å²) in [6.07, 6.45) is -2.84. The van der Waals surface area contributed by atoms with E-state index in [2.05, 4.69) is 26.3 Å². The van der Waals surface area contributed by atoms with Gasteiger partial charge in [-0.2, -0.15) is 13.2 Å². The number of nitrogens with two attached hydrogens (primary N) is 1. The molecule has 194 valence electrons. The highest BCUT2D eigenvalue weighted by Crippen LogP contribution is 2.22. The molecule has 5 N–H and O–H groups in total. The fraction of sp³-hybridized carbons (Fsp3) is 0.250. The Hall–Kier alpha value is -3.90. The number of anilines is 1. The van der Waals surface area contributed by atoms with Crippen molar-refractivity contribution in [2.24, 2.45) is 0 Å². The van der Waals surface area contributed by atoms with Gasteiger partial charge in [-0.3, -0.25) is 4.79 Å². The van der Waals surface area contributed by atoms with Crippen LogP contribution in [0.15, 0.2) is 48.8 Å². The number of carbonyl (C=O) groups excluding carboxylic acids is 1. The smallest absolute Gasteiger partial charge is 0.475 e. The number of fused-ring (bicyclic) bond motifs is 2. The van der Waals surface area contributed by atoms with Crippen LogP contribution < -0.4 is 11.1 Å². The highest BCUT2D eigenvalue weighted by atomic mass is 35.5. The average molecular weight is 535 g/mol. The van der Waals surface area contributed by atoms with Gasteiger partial charge in [-0.15, -0.1) is 0 Å². The van der Waals surface area contributed by atoms with Gasteiger partial charge < -0.3 is 26.0 Å². The van der Waals surface area contributed by atoms with E-state index in [0.29, 0.717) is 23.9 Å². The zero-order valence-corrected chi connectivity index (χ0v) is 20.0. The predicted octanol–water partition coefficient (Wildman–Crippen LogP) is 3.87. The lowest BCUT2D eigenvalue weighted by atomic mass is 10.1. The second-order valence-electron chi connectivity index (χ2n) is 8.42. The van der Waals surface area contributed by atoms with Gasteiger partial charge in [0, 0.05) is 46.6 Å². The van der Waals surface area contributed by atoms with Crippen molar-refractivity contribution in [2.75, 3.05) is 12.3 Å². The van der Waals surface area contributed by atoms with E-state index in [-0.39, 0.29) is 11.9 Å². The average Bonchev–Trinajstić information content (AvgIpc) is 3.40. The van der Waals surface area contributed by atoms with E-state index in [1.165, 1.54) is 6.33 Å². The van der Waals surface area contributed by atoms with E-state index in [1.807, 2.05) is 41.3 Å². The molecule has 0 aliphatic carbocycles. The Labute approximate surface area is 213 Å². The summed E-state index contributed by atoms with van der Waals surface area (Å²) < 4.78 is 31.7. The summed E-state index contributed by atoms with van der Waals surface area (Å²) >= 11 is 6.06. The first-order valence-electron chi connectivity index (χ1n) is 11.1. The van der Waals surface area contributed by atoms with Gasteiger partial charge in [-0.1, -0.05) is 17.7 Å². The van der Waals surface area contributed by atoms with Crippen LogP contribution >= 0.6 is 11.6 Å². The number of hydrogen-bond acceptors (Lipinski definition) is 6. The molecule has 5 rings (SSSR count). The SMILES string of the molecule is Nc1ncnc2cc(CN3CCC(NCc4cc5cc(Cl)ccc5[nH]4)C3=O)ccc12.O=C(O)C(F)(F)F. The molecule has 0 bridgehead atoms. The highest BCUT2D eigenvalue weighted by molar-refractivity contribution is 6.31. The number of alkyl halides is 3. The van der Waals surface area contributed by atoms with Crippen molar-refractivity contribution in [3.8, 4) is 0 Å². The molecule has 0 saturated carbocycles. The Morgan fingerprint density at radius 3 is 2.70 bits per heavy atom. The Morgan fingerprint density at radius 1 is 1.22 bits per heavy atom. The molecular formula is C24H22ClF3N6O3. The fourth-order valence-electron chi connectivity index (χ4n) is 4.02. The highest BCUT2D eigenvalue weighted by Gasteiger charge is 2.38. The minimum Gasteiger partial charge on any atom is -0.475 e. The van der Waals surface area contributed by atoms with Crippen molar-refractivity contribution >= 4 is 51.1 Å². The summed E-state index contributed by atoms with van der Waals surface area (Å²) in [4.78, 5) is 35.3. The van der Waals surface area contributed by atoms with Gasteiger partial charge in [-0.05, 0) is 48.4 Å². The van der Waals surface area contributed by atoms with Crippen molar-refractivity contribution in [3.63, 3.8) is 0 Å². The number of halogens is 4. The number of rotatable bonds is 5. The molecule has 1 atom stereocenters. The number of nitrogens with zero attached hydrogens (tertiary/aromatic N) is 3. The molecule has 1 unspecified atom stereocenters. The molecule has 2 aromatic heterocycles. The summed E-state index contributed by atoms with van der Waals surface area (Å²) in [7, 11) is 0. The first-order chi connectivity index (χ1) is 17.5. The molecule has 0 spiro atoms. The molecule has 2 aromatic carbocycles. The van der Waals surface area contributed by atoms with Gasteiger partial charge in [0.15, 0.2) is 0 Å². The third kappa shape index (κ3) is 6.27. The minimum atomic E-state index is -5.08. The number of benzene rings is 2. The monoisotopic (exact) mass is 534 g/mol. The number of H-pyrrole nitrogens is 1. The Balaban J connectivity index is 0.000000405. The second kappa shape index (κ2) is 10.6. The van der Waals surface area contributed by atoms with Crippen molar-refractivity contribution in [3.05, 3.63) is 65.1 Å². The fourth-order valence-corrected chi connectivity index (χ4v) is 4.20. The largest absolute Gasteiger partial charge is 0.490 e. The molecule has 9 nitrogen and oxygen atoms in total. The number of carboxylic acid groups (broad SMARTS) is 1. The van der Waals surface area contributed by atoms with Crippen LogP contribution in [0.25, 0.3) is 21.8 Å². The molecule has 1 fully saturated rings. The summed E-state index contributed by atoms with van der Waals surface area (Å²) in [6, 6.07) is 13.5. The van der Waals surface area contributed by atoms with E-state index in [4.69, 9.17) is 27.2 Å². The Kier molecular flexibility index (Phi) is 7.50. The topological polar surface area (TPSA) is 137 Å². The molecule has 13 heteroatoms. The maximum absolute atomic E-state index is 12.9. The van der Waals surface area contributed by atoms with Crippen LogP contribution in [0, 0.1) is 0 Å². The Bertz CT molecular complexity index is 1460. The molecule has 1 aliphatic rings. The molecule has 1 aliphatic heterocycles. The van der Waals surface area contributed by atoms with Crippen LogP contribution in [-0.4, -0.2) is 55.6 Å². The molecule has 37 heavy (non-hydrogen) atoms. The lowest BCUT2D eigenvalue weighted by Gasteiger charge is -2.17. The quantitative estimate of drug-likeness (QED) is 0.305. The van der Waals surface area contributed by atoms with Gasteiger partial charge in [0.05, 0.1) is 11.6 Å². The standard InChI is InChI=1S/C22H21ClN6O.C2HF3O2/c23-15-2-4-18-14(8-15)9-16(28-18)10-25-19-5-6-29(22(19)30)11-13-1-3-17-20(7-13)26-12-27-21(17)24;3-2(4,5)1(6)7/h1-4,7-9,12,19,25,28H,5-6,10-11H2,(H2,24,26,27);(H,6,7). The van der Waals surface area contributed by atoms with Gasteiger partial charge in [0.25, 0.3) is 0 Å². The van der Waals surface area contributed by atoms with E-state index in [1.54, 1.807) is 0 Å². The van der Waals surface area contributed by atoms with Crippen LogP contribution in [0.3, 0.4) is 0 Å². The number of carboxylic acids is 1. The number of amides is 1. The van der Waals surface area contributed by atoms with Crippen LogP contribution in [-0.2, 0) is 22.7 Å². The number of aromatic amines is 1. The lowest BCUT2D eigenvalue weighted by molar-refractivity contribution is -0.192. The third-order valence-electron chi connectivity index (χ3n) is 5.82. The van der Waals surface area contributed by atoms with Gasteiger partial charge in [0.1, 0.15) is 12.1 Å². The summed E-state index contributed by atoms with van der Waals surface area (Å²) in [5, 5.41) is 13.1. The zero-order valence-electron chi connectivity index (χ0n) is 19.2. The number of aliphatic carboxylic acids is 1. The number of hydrogen-bond donors (Lipinski definition) is 4. The first kappa shape index (κ1) is 26.2. The third-order valence-corrected chi connectivity index (χ3v) is 6.06. The molecule has 1 saturated heterocycles. The van der Waals surface area contributed by atoms with E-state index in [9.17, 15) is 18.0 Å². The normalized spacial score (nSPS) is 15.7. The van der Waals surface area contributed by atoms with Crippen LogP contribution in [0.1, 0.15) is 17.7 Å². The van der Waals surface area contributed by atoms with Crippen molar-refractivity contribution in [2.45, 2.75) is 31.7 Å². The molecule has 0 radical (unpaired) electrons. The lowest BCUT2D eigenvalue weighted by Crippen LogP contribution is -2.37. The van der Waals surface area contributed by atoms with Crippen LogP contribution in [0.2, 0.25) is 5.02 Å². The van der Waals surface area contributed by atoms with Crippen molar-refractivity contribution < 1.29 is 27.9 Å². The number of aromatic nitrogens is 3. The Morgan fingerprint density at radius 2 is 1.97 bits per heavy atom. The summed E-state index contributed by atoms with van der Waals surface area (Å²) in [5.41, 5.74) is 9.78. The molecule has 1 amide bonds. The van der Waals surface area contributed by atoms with Crippen molar-refractivity contribution in [1.82, 2.24) is 25.2 Å². The predicted molar refractivity (Wildman–Crippen MR) is 132 cm³/mol. The number of nitrogen functional groups attached to an aromatic ring is 1. The summed E-state index contributed by atoms with van der Waals surface area (Å²) in [5.74, 6) is -2.17. The molecular weight excluding hydrogens is 513 g/mol. The van der Waals surface area contributed by atoms with Gasteiger partial charge in [0.2, 0.25) is 5.91 Å². The maximum atomic E-state index is 12.9. The summed E-state index contributed by atoms with van der Waals surface area (Å²) in [6.45, 7) is 1.88. The van der Waals surface area contributed by atoms with Crippen LogP contribution in [0.5, 0.6) is 0 Å². The number of nitrogens with one attached hydrogen (secondary N) is 2. The van der Waals surface area contributed by atoms with Crippen LogP contribution in [0.4, 0.5) is 19.0 Å². The van der Waals surface area contributed by atoms with E-state index >= 15 is 0 Å². The maximum Gasteiger partial charge on any atom is 0.490 e. The van der Waals surface area contributed by atoms with E-state index in [0.717, 1.165) is 46.0 Å². The number of likely N-dealkylation sites (tertiary alicyclic amines) is 1. The first-order valence-corrected chi connectivity index (χ1v) is 11.5. The minimum absolute atomic E-state index is 0.122. The van der Waals surface area contributed by atoms with E-state index < -0.39 is 12.1 Å². The van der Waals surface area contributed by atoms with Gasteiger partial charge >= 0.3 is 12.1 Å². The molecule has 3 heterocycles. The molecule has 4 aromatic rings.